The van der Waals surface area contributed by atoms with Crippen LogP contribution in [0.4, 0.5) is 11.6 Å². The number of amides is 1. The van der Waals surface area contributed by atoms with Gasteiger partial charge in [0.25, 0.3) is 5.91 Å². The van der Waals surface area contributed by atoms with Gasteiger partial charge in [0, 0.05) is 37.1 Å². The lowest BCUT2D eigenvalue weighted by Crippen LogP contribution is -2.44. The second-order valence-electron chi connectivity index (χ2n) is 9.20. The summed E-state index contributed by atoms with van der Waals surface area (Å²) in [4.78, 5) is 24.0. The Balaban J connectivity index is 1.10. The van der Waals surface area contributed by atoms with E-state index in [1.54, 1.807) is 24.4 Å². The summed E-state index contributed by atoms with van der Waals surface area (Å²) >= 11 is 0. The standard InChI is InChI=1S/C26H27N5O5/c1-31(2)17-6-3-15(4-7-17)18-9-10-27-26(29-18)30-20-13-34-23-19(12-33-24(20)23)28-25(32)16-5-8-21-22(11-16)36-14-35-21/h3-11,19-20,23-24H,12-14H2,1-2H3,(H,28,32)(H,27,29,30). The predicted octanol–water partition coefficient (Wildman–Crippen LogP) is 2.31. The normalized spacial score (nSPS) is 23.8. The van der Waals surface area contributed by atoms with E-state index in [9.17, 15) is 4.79 Å². The van der Waals surface area contributed by atoms with Crippen LogP contribution in [-0.2, 0) is 9.47 Å². The number of hydrogen-bond acceptors (Lipinski definition) is 9. The molecule has 4 atom stereocenters. The summed E-state index contributed by atoms with van der Waals surface area (Å²) in [6, 6.07) is 14.8. The SMILES string of the molecule is CN(C)c1ccc(-c2ccnc(NC3COC4C(NC(=O)c5ccc6c(c5)OCO6)COC34)n2)cc1. The van der Waals surface area contributed by atoms with Crippen molar-refractivity contribution >= 4 is 17.5 Å². The first-order valence-electron chi connectivity index (χ1n) is 11.9. The molecular weight excluding hydrogens is 462 g/mol. The number of carbonyl (C=O) groups excluding carboxylic acids is 1. The molecular formula is C26H27N5O5. The van der Waals surface area contributed by atoms with Crippen molar-refractivity contribution in [3.05, 3.63) is 60.3 Å². The van der Waals surface area contributed by atoms with Crippen LogP contribution in [0, 0.1) is 0 Å². The molecule has 4 unspecified atom stereocenters. The number of hydrogen-bond donors (Lipinski definition) is 2. The van der Waals surface area contributed by atoms with Crippen molar-refractivity contribution < 1.29 is 23.7 Å². The lowest BCUT2D eigenvalue weighted by molar-refractivity contribution is 0.0652. The van der Waals surface area contributed by atoms with Crippen LogP contribution in [-0.4, -0.2) is 74.3 Å². The number of aromatic nitrogens is 2. The second kappa shape index (κ2) is 9.29. The maximum Gasteiger partial charge on any atom is 0.251 e. The molecule has 0 spiro atoms. The molecule has 0 bridgehead atoms. The van der Waals surface area contributed by atoms with E-state index in [2.05, 4.69) is 32.7 Å². The Morgan fingerprint density at radius 1 is 0.944 bits per heavy atom. The highest BCUT2D eigenvalue weighted by Crippen LogP contribution is 2.33. The van der Waals surface area contributed by atoms with Gasteiger partial charge < -0.3 is 34.5 Å². The van der Waals surface area contributed by atoms with Gasteiger partial charge in [-0.05, 0) is 36.4 Å². The maximum absolute atomic E-state index is 12.8. The summed E-state index contributed by atoms with van der Waals surface area (Å²) in [7, 11) is 4.02. The van der Waals surface area contributed by atoms with E-state index in [0.717, 1.165) is 16.9 Å². The van der Waals surface area contributed by atoms with Crippen LogP contribution < -0.4 is 25.0 Å². The zero-order valence-corrected chi connectivity index (χ0v) is 20.0. The molecule has 3 aromatic rings. The lowest BCUT2D eigenvalue weighted by atomic mass is 10.1. The van der Waals surface area contributed by atoms with Gasteiger partial charge in [-0.3, -0.25) is 4.79 Å². The van der Waals surface area contributed by atoms with E-state index in [4.69, 9.17) is 23.9 Å². The van der Waals surface area contributed by atoms with Crippen molar-refractivity contribution in [3.63, 3.8) is 0 Å². The number of anilines is 2. The fraction of sp³-hybridized carbons (Fsp3) is 0.346. The van der Waals surface area contributed by atoms with Crippen LogP contribution in [0.15, 0.2) is 54.7 Å². The van der Waals surface area contributed by atoms with E-state index in [0.29, 0.717) is 36.2 Å². The topological polar surface area (TPSA) is 107 Å². The summed E-state index contributed by atoms with van der Waals surface area (Å²) < 4.78 is 22.8. The number of fused-ring (bicyclic) bond motifs is 2. The van der Waals surface area contributed by atoms with Crippen LogP contribution in [0.3, 0.4) is 0 Å². The van der Waals surface area contributed by atoms with Crippen molar-refractivity contribution in [2.24, 2.45) is 0 Å². The fourth-order valence-corrected chi connectivity index (χ4v) is 4.72. The van der Waals surface area contributed by atoms with E-state index < -0.39 is 0 Å². The summed E-state index contributed by atoms with van der Waals surface area (Å²) in [5.41, 5.74) is 3.46. The van der Waals surface area contributed by atoms with Gasteiger partial charge in [0.1, 0.15) is 12.2 Å². The zero-order valence-electron chi connectivity index (χ0n) is 20.0. The third kappa shape index (κ3) is 4.29. The van der Waals surface area contributed by atoms with Crippen molar-refractivity contribution in [2.45, 2.75) is 24.3 Å². The maximum atomic E-state index is 12.8. The smallest absolute Gasteiger partial charge is 0.251 e. The zero-order chi connectivity index (χ0) is 24.6. The largest absolute Gasteiger partial charge is 0.454 e. The molecule has 0 aliphatic carbocycles. The summed E-state index contributed by atoms with van der Waals surface area (Å²) in [6.07, 6.45) is 1.25. The van der Waals surface area contributed by atoms with E-state index in [1.165, 1.54) is 0 Å². The average molecular weight is 490 g/mol. The third-order valence-electron chi connectivity index (χ3n) is 6.65. The Labute approximate surface area is 208 Å². The van der Waals surface area contributed by atoms with Crippen molar-refractivity contribution in [2.75, 3.05) is 44.3 Å². The molecule has 6 rings (SSSR count). The Kier molecular flexibility index (Phi) is 5.82. The molecule has 2 fully saturated rings. The molecule has 36 heavy (non-hydrogen) atoms. The molecule has 2 N–H and O–H groups in total. The molecule has 4 heterocycles. The minimum absolute atomic E-state index is 0.131. The highest BCUT2D eigenvalue weighted by atomic mass is 16.7. The van der Waals surface area contributed by atoms with Gasteiger partial charge in [0.2, 0.25) is 12.7 Å². The molecule has 2 saturated heterocycles. The fourth-order valence-electron chi connectivity index (χ4n) is 4.72. The lowest BCUT2D eigenvalue weighted by Gasteiger charge is -2.18. The van der Waals surface area contributed by atoms with Gasteiger partial charge in [-0.1, -0.05) is 12.1 Å². The highest BCUT2D eigenvalue weighted by Gasteiger charge is 2.48. The Morgan fingerprint density at radius 2 is 1.69 bits per heavy atom. The minimum Gasteiger partial charge on any atom is -0.454 e. The van der Waals surface area contributed by atoms with Crippen LogP contribution in [0.1, 0.15) is 10.4 Å². The van der Waals surface area contributed by atoms with Gasteiger partial charge in [-0.15, -0.1) is 0 Å². The van der Waals surface area contributed by atoms with Gasteiger partial charge in [-0.2, -0.15) is 0 Å². The molecule has 3 aliphatic rings. The molecule has 186 valence electrons. The Bertz CT molecular complexity index is 1270. The average Bonchev–Trinajstić information content (AvgIpc) is 3.62. The number of benzene rings is 2. The molecule has 3 aliphatic heterocycles. The number of nitrogens with zero attached hydrogens (tertiary/aromatic N) is 3. The number of ether oxygens (including phenoxy) is 4. The number of nitrogens with one attached hydrogen (secondary N) is 2. The third-order valence-corrected chi connectivity index (χ3v) is 6.65. The number of carbonyl (C=O) groups is 1. The molecule has 10 heteroatoms. The summed E-state index contributed by atoms with van der Waals surface area (Å²) in [6.45, 7) is 0.956. The van der Waals surface area contributed by atoms with Crippen LogP contribution in [0.25, 0.3) is 11.3 Å². The van der Waals surface area contributed by atoms with E-state index in [-0.39, 0.29) is 37.0 Å². The first-order valence-corrected chi connectivity index (χ1v) is 11.9. The molecule has 0 saturated carbocycles. The predicted molar refractivity (Wildman–Crippen MR) is 133 cm³/mol. The van der Waals surface area contributed by atoms with Crippen molar-refractivity contribution in [3.8, 4) is 22.8 Å². The highest BCUT2D eigenvalue weighted by molar-refractivity contribution is 5.95. The van der Waals surface area contributed by atoms with E-state index in [1.807, 2.05) is 32.3 Å². The van der Waals surface area contributed by atoms with Gasteiger partial charge in [0.15, 0.2) is 11.5 Å². The molecule has 10 nitrogen and oxygen atoms in total. The minimum atomic E-state index is -0.262. The summed E-state index contributed by atoms with van der Waals surface area (Å²) in [5.74, 6) is 1.51. The molecule has 1 amide bonds. The first kappa shape index (κ1) is 22.6. The Morgan fingerprint density at radius 3 is 2.50 bits per heavy atom. The molecule has 1 aromatic heterocycles. The van der Waals surface area contributed by atoms with Crippen LogP contribution in [0.5, 0.6) is 11.5 Å². The Hall–Kier alpha value is -3.89. The molecule has 2 aromatic carbocycles. The van der Waals surface area contributed by atoms with Crippen molar-refractivity contribution in [1.82, 2.24) is 15.3 Å². The van der Waals surface area contributed by atoms with Crippen LogP contribution >= 0.6 is 0 Å². The van der Waals surface area contributed by atoms with Gasteiger partial charge in [0.05, 0.1) is 31.0 Å². The summed E-state index contributed by atoms with van der Waals surface area (Å²) in [5, 5.41) is 6.40. The molecule has 0 radical (unpaired) electrons. The van der Waals surface area contributed by atoms with E-state index >= 15 is 0 Å². The second-order valence-corrected chi connectivity index (χ2v) is 9.20. The quantitative estimate of drug-likeness (QED) is 0.539. The van der Waals surface area contributed by atoms with Crippen molar-refractivity contribution in [1.29, 1.82) is 0 Å². The van der Waals surface area contributed by atoms with Crippen LogP contribution in [0.2, 0.25) is 0 Å². The van der Waals surface area contributed by atoms with Gasteiger partial charge in [-0.25, -0.2) is 9.97 Å². The van der Waals surface area contributed by atoms with Gasteiger partial charge >= 0.3 is 0 Å². The first-order chi connectivity index (χ1) is 17.5. The number of rotatable bonds is 6. The monoisotopic (exact) mass is 489 g/mol.